The highest BCUT2D eigenvalue weighted by atomic mass is 32.1. The van der Waals surface area contributed by atoms with E-state index in [1.807, 2.05) is 0 Å². The Balaban J connectivity index is 2.62. The molecule has 0 radical (unpaired) electrons. The van der Waals surface area contributed by atoms with Gasteiger partial charge in [0.25, 0.3) is 0 Å². The van der Waals surface area contributed by atoms with E-state index in [1.54, 1.807) is 0 Å². The van der Waals surface area contributed by atoms with Gasteiger partial charge in [0.15, 0.2) is 4.77 Å². The molecule has 3 heteroatoms. The largest absolute Gasteiger partial charge is 0.334 e. The maximum atomic E-state index is 5.01. The first-order chi connectivity index (χ1) is 5.09. The van der Waals surface area contributed by atoms with Gasteiger partial charge in [0, 0.05) is 16.8 Å². The highest BCUT2D eigenvalue weighted by molar-refractivity contribution is 7.71. The molecule has 11 heavy (non-hydrogen) atoms. The topological polar surface area (TPSA) is 31.6 Å². The fourth-order valence-corrected chi connectivity index (χ4v) is 1.97. The average molecular weight is 168 g/mol. The van der Waals surface area contributed by atoms with Crippen LogP contribution in [0.2, 0.25) is 0 Å². The molecule has 0 spiro atoms. The van der Waals surface area contributed by atoms with Crippen LogP contribution in [0.25, 0.3) is 0 Å². The van der Waals surface area contributed by atoms with Crippen molar-refractivity contribution in [1.29, 1.82) is 0 Å². The normalized spacial score (nSPS) is 20.2. The summed E-state index contributed by atoms with van der Waals surface area (Å²) in [6.45, 7) is 4.50. The zero-order chi connectivity index (χ0) is 8.06. The Labute approximate surface area is 71.0 Å². The molecule has 1 aliphatic rings. The molecule has 0 atom stereocenters. The minimum absolute atomic E-state index is 0.295. The van der Waals surface area contributed by atoms with E-state index in [-0.39, 0.29) is 0 Å². The van der Waals surface area contributed by atoms with Gasteiger partial charge in [0.1, 0.15) is 0 Å². The van der Waals surface area contributed by atoms with Crippen LogP contribution in [0.4, 0.5) is 0 Å². The number of aromatic amines is 2. The highest BCUT2D eigenvalue weighted by Gasteiger charge is 2.31. The first-order valence-corrected chi connectivity index (χ1v) is 4.32. The molecule has 1 aromatic rings. The van der Waals surface area contributed by atoms with Gasteiger partial charge >= 0.3 is 0 Å². The fraction of sp³-hybridized carbons (Fsp3) is 0.625. The lowest BCUT2D eigenvalue weighted by Gasteiger charge is -2.15. The van der Waals surface area contributed by atoms with Gasteiger partial charge in [-0.1, -0.05) is 13.8 Å². The lowest BCUT2D eigenvalue weighted by Crippen LogP contribution is -2.12. The summed E-state index contributed by atoms with van der Waals surface area (Å²) in [6.07, 6.45) is 2.36. The molecule has 0 aliphatic heterocycles. The van der Waals surface area contributed by atoms with E-state index in [4.69, 9.17) is 12.2 Å². The van der Waals surface area contributed by atoms with E-state index in [1.165, 1.54) is 17.8 Å². The molecule has 1 aromatic heterocycles. The number of rotatable bonds is 0. The van der Waals surface area contributed by atoms with Crippen LogP contribution >= 0.6 is 12.2 Å². The van der Waals surface area contributed by atoms with Crippen molar-refractivity contribution in [3.8, 4) is 0 Å². The van der Waals surface area contributed by atoms with Crippen LogP contribution in [0.15, 0.2) is 0 Å². The number of imidazole rings is 1. The van der Waals surface area contributed by atoms with Crippen molar-refractivity contribution in [3.63, 3.8) is 0 Å². The number of H-pyrrole nitrogens is 2. The smallest absolute Gasteiger partial charge is 0.174 e. The number of hydrogen-bond donors (Lipinski definition) is 2. The molecule has 0 amide bonds. The zero-order valence-corrected chi connectivity index (χ0v) is 7.64. The van der Waals surface area contributed by atoms with E-state index in [2.05, 4.69) is 23.8 Å². The van der Waals surface area contributed by atoms with Crippen LogP contribution in [0.5, 0.6) is 0 Å². The molecule has 0 fully saturated rings. The summed E-state index contributed by atoms with van der Waals surface area (Å²) in [5.41, 5.74) is 2.91. The van der Waals surface area contributed by atoms with Gasteiger partial charge in [-0.15, -0.1) is 0 Å². The second-order valence-electron chi connectivity index (χ2n) is 3.82. The van der Waals surface area contributed by atoms with Gasteiger partial charge in [0.05, 0.1) is 0 Å². The quantitative estimate of drug-likeness (QED) is 0.572. The lowest BCUT2D eigenvalue weighted by molar-refractivity contribution is 0.508. The molecule has 0 bridgehead atoms. The minimum atomic E-state index is 0.295. The number of aryl methyl sites for hydroxylation is 1. The predicted molar refractivity (Wildman–Crippen MR) is 47.3 cm³/mol. The molecule has 0 aromatic carbocycles. The summed E-state index contributed by atoms with van der Waals surface area (Å²) in [4.78, 5) is 6.38. The summed E-state index contributed by atoms with van der Waals surface area (Å²) in [5, 5.41) is 0. The van der Waals surface area contributed by atoms with Gasteiger partial charge in [0.2, 0.25) is 0 Å². The summed E-state index contributed by atoms with van der Waals surface area (Å²) in [5.74, 6) is 0. The summed E-state index contributed by atoms with van der Waals surface area (Å²) in [7, 11) is 0. The van der Waals surface area contributed by atoms with Crippen molar-refractivity contribution in [2.24, 2.45) is 0 Å². The third kappa shape index (κ3) is 0.948. The molecule has 0 unspecified atom stereocenters. The van der Waals surface area contributed by atoms with Crippen LogP contribution in [-0.4, -0.2) is 9.97 Å². The Morgan fingerprint density at radius 3 is 2.73 bits per heavy atom. The van der Waals surface area contributed by atoms with E-state index in [0.29, 0.717) is 5.41 Å². The van der Waals surface area contributed by atoms with Gasteiger partial charge in [-0.25, -0.2) is 0 Å². The third-order valence-electron chi connectivity index (χ3n) is 2.48. The Morgan fingerprint density at radius 1 is 1.36 bits per heavy atom. The molecule has 60 valence electrons. The summed E-state index contributed by atoms with van der Waals surface area (Å²) < 4.78 is 0.766. The minimum Gasteiger partial charge on any atom is -0.334 e. The molecule has 0 saturated heterocycles. The van der Waals surface area contributed by atoms with E-state index in [0.717, 1.165) is 11.2 Å². The molecule has 2 nitrogen and oxygen atoms in total. The molecule has 1 heterocycles. The highest BCUT2D eigenvalue weighted by Crippen LogP contribution is 2.35. The van der Waals surface area contributed by atoms with Gasteiger partial charge in [-0.2, -0.15) is 0 Å². The van der Waals surface area contributed by atoms with Crippen molar-refractivity contribution in [3.05, 3.63) is 16.2 Å². The molecular formula is C8H12N2S. The van der Waals surface area contributed by atoms with Crippen molar-refractivity contribution >= 4 is 12.2 Å². The van der Waals surface area contributed by atoms with E-state index in [9.17, 15) is 0 Å². The molecule has 2 rings (SSSR count). The van der Waals surface area contributed by atoms with Crippen molar-refractivity contribution in [1.82, 2.24) is 9.97 Å². The standard InChI is InChI=1S/C8H12N2S/c1-8(2)4-3-5-6(8)10-7(11)9-5/h3-4H2,1-2H3,(H2,9,10,11). The Kier molecular flexibility index (Phi) is 1.27. The van der Waals surface area contributed by atoms with Gasteiger partial charge in [-0.05, 0) is 25.1 Å². The second-order valence-corrected chi connectivity index (χ2v) is 4.22. The first-order valence-electron chi connectivity index (χ1n) is 3.91. The first kappa shape index (κ1) is 7.10. The average Bonchev–Trinajstić information content (AvgIpc) is 2.35. The lowest BCUT2D eigenvalue weighted by atomic mass is 9.91. The van der Waals surface area contributed by atoms with E-state index >= 15 is 0 Å². The Bertz CT molecular complexity index is 332. The van der Waals surface area contributed by atoms with E-state index < -0.39 is 0 Å². The van der Waals surface area contributed by atoms with Gasteiger partial charge < -0.3 is 9.97 Å². The molecular weight excluding hydrogens is 156 g/mol. The zero-order valence-electron chi connectivity index (χ0n) is 6.82. The Morgan fingerprint density at radius 2 is 2.09 bits per heavy atom. The number of fused-ring (bicyclic) bond motifs is 1. The molecule has 1 aliphatic carbocycles. The number of hydrogen-bond acceptors (Lipinski definition) is 1. The van der Waals surface area contributed by atoms with Crippen molar-refractivity contribution < 1.29 is 0 Å². The van der Waals surface area contributed by atoms with Crippen LogP contribution in [-0.2, 0) is 11.8 Å². The SMILES string of the molecule is CC1(C)CCc2[nH]c(=S)[nH]c21. The maximum Gasteiger partial charge on any atom is 0.174 e. The number of nitrogens with one attached hydrogen (secondary N) is 2. The predicted octanol–water partition coefficient (Wildman–Crippen LogP) is 2.30. The van der Waals surface area contributed by atoms with Crippen molar-refractivity contribution in [2.75, 3.05) is 0 Å². The fourth-order valence-electron chi connectivity index (χ4n) is 1.75. The van der Waals surface area contributed by atoms with Gasteiger partial charge in [-0.3, -0.25) is 0 Å². The van der Waals surface area contributed by atoms with Crippen LogP contribution in [0.1, 0.15) is 31.7 Å². The van der Waals surface area contributed by atoms with Crippen LogP contribution in [0, 0.1) is 4.77 Å². The summed E-state index contributed by atoms with van der Waals surface area (Å²) in [6, 6.07) is 0. The third-order valence-corrected chi connectivity index (χ3v) is 2.69. The monoisotopic (exact) mass is 168 g/mol. The summed E-state index contributed by atoms with van der Waals surface area (Å²) >= 11 is 5.01. The number of aromatic nitrogens is 2. The molecule has 2 N–H and O–H groups in total. The van der Waals surface area contributed by atoms with Crippen LogP contribution < -0.4 is 0 Å². The Hall–Kier alpha value is -0.570. The van der Waals surface area contributed by atoms with Crippen molar-refractivity contribution in [2.45, 2.75) is 32.1 Å². The second kappa shape index (κ2) is 1.97. The van der Waals surface area contributed by atoms with Crippen LogP contribution in [0.3, 0.4) is 0 Å². The molecule has 0 saturated carbocycles. The maximum absolute atomic E-state index is 5.01.